The molecule has 2 amide bonds. The summed E-state index contributed by atoms with van der Waals surface area (Å²) in [5.74, 6) is 0.615. The monoisotopic (exact) mass is 208 g/mol. The summed E-state index contributed by atoms with van der Waals surface area (Å²) in [5, 5.41) is 2.83. The van der Waals surface area contributed by atoms with Crippen LogP contribution in [0.15, 0.2) is 0 Å². The molecule has 1 heterocycles. The molecular formula is C11H16N2O2. The van der Waals surface area contributed by atoms with Gasteiger partial charge in [0.25, 0.3) is 0 Å². The summed E-state index contributed by atoms with van der Waals surface area (Å²) >= 11 is 0. The highest BCUT2D eigenvalue weighted by Gasteiger charge is 2.45. The van der Waals surface area contributed by atoms with Crippen molar-refractivity contribution in [2.75, 3.05) is 6.54 Å². The lowest BCUT2D eigenvalue weighted by molar-refractivity contribution is -0.149. The third-order valence-corrected chi connectivity index (χ3v) is 3.79. The maximum absolute atomic E-state index is 12.1. The molecule has 1 saturated heterocycles. The van der Waals surface area contributed by atoms with Gasteiger partial charge in [0.05, 0.1) is 6.54 Å². The van der Waals surface area contributed by atoms with E-state index in [0.717, 1.165) is 25.7 Å². The van der Waals surface area contributed by atoms with E-state index in [1.165, 1.54) is 6.42 Å². The Morgan fingerprint density at radius 1 is 1.13 bits per heavy atom. The third kappa shape index (κ3) is 1.52. The zero-order valence-corrected chi connectivity index (χ0v) is 8.74. The van der Waals surface area contributed by atoms with Crippen molar-refractivity contribution in [3.8, 4) is 0 Å². The van der Waals surface area contributed by atoms with Crippen LogP contribution < -0.4 is 5.32 Å². The van der Waals surface area contributed by atoms with Crippen molar-refractivity contribution in [2.45, 2.75) is 44.2 Å². The predicted octanol–water partition coefficient (Wildman–Crippen LogP) is 0.276. The van der Waals surface area contributed by atoms with Gasteiger partial charge in [0.15, 0.2) is 0 Å². The standard InChI is InChI=1S/C11H16N2O2/c14-9-6-13(8-2-1-3-8)11(15)10(12-9)7-4-5-7/h7-8,10H,1-6H2,(H,12,14). The van der Waals surface area contributed by atoms with E-state index in [1.54, 1.807) is 0 Å². The predicted molar refractivity (Wildman–Crippen MR) is 54.0 cm³/mol. The van der Waals surface area contributed by atoms with Crippen LogP contribution in [0.2, 0.25) is 0 Å². The van der Waals surface area contributed by atoms with Gasteiger partial charge in [-0.3, -0.25) is 9.59 Å². The smallest absolute Gasteiger partial charge is 0.246 e. The molecule has 2 aliphatic carbocycles. The molecule has 3 fully saturated rings. The summed E-state index contributed by atoms with van der Waals surface area (Å²) in [6, 6.07) is 0.150. The van der Waals surface area contributed by atoms with Crippen LogP contribution in [0.1, 0.15) is 32.1 Å². The molecule has 3 aliphatic rings. The van der Waals surface area contributed by atoms with E-state index in [1.807, 2.05) is 4.90 Å². The molecule has 0 aromatic heterocycles. The first kappa shape index (κ1) is 9.19. The van der Waals surface area contributed by atoms with Gasteiger partial charge in [-0.1, -0.05) is 0 Å². The fourth-order valence-corrected chi connectivity index (χ4v) is 2.45. The lowest BCUT2D eigenvalue weighted by Gasteiger charge is -2.42. The van der Waals surface area contributed by atoms with E-state index in [4.69, 9.17) is 0 Å². The Morgan fingerprint density at radius 2 is 1.87 bits per heavy atom. The molecule has 0 spiro atoms. The Balaban J connectivity index is 1.75. The molecule has 0 bridgehead atoms. The number of rotatable bonds is 2. The number of carbonyl (C=O) groups excluding carboxylic acids is 2. The molecule has 0 aromatic rings. The molecular weight excluding hydrogens is 192 g/mol. The maximum atomic E-state index is 12.1. The van der Waals surface area contributed by atoms with E-state index in [-0.39, 0.29) is 24.4 Å². The zero-order valence-electron chi connectivity index (χ0n) is 8.74. The van der Waals surface area contributed by atoms with E-state index >= 15 is 0 Å². The number of nitrogens with one attached hydrogen (secondary N) is 1. The average Bonchev–Trinajstić information content (AvgIpc) is 2.90. The molecule has 0 radical (unpaired) electrons. The van der Waals surface area contributed by atoms with E-state index < -0.39 is 0 Å². The molecule has 15 heavy (non-hydrogen) atoms. The minimum Gasteiger partial charge on any atom is -0.342 e. The van der Waals surface area contributed by atoms with Crippen molar-refractivity contribution < 1.29 is 9.59 Å². The van der Waals surface area contributed by atoms with Crippen molar-refractivity contribution >= 4 is 11.8 Å². The largest absolute Gasteiger partial charge is 0.342 e. The second-order valence-corrected chi connectivity index (χ2v) is 4.93. The fourth-order valence-electron chi connectivity index (χ4n) is 2.45. The van der Waals surface area contributed by atoms with Gasteiger partial charge in [0.2, 0.25) is 11.8 Å². The zero-order chi connectivity index (χ0) is 10.4. The molecule has 1 aliphatic heterocycles. The lowest BCUT2D eigenvalue weighted by atomic mass is 9.90. The van der Waals surface area contributed by atoms with Crippen LogP contribution in [0, 0.1) is 5.92 Å². The molecule has 4 heteroatoms. The Bertz CT molecular complexity index is 308. The van der Waals surface area contributed by atoms with Gasteiger partial charge in [0, 0.05) is 6.04 Å². The highest BCUT2D eigenvalue weighted by molar-refractivity contribution is 5.95. The van der Waals surface area contributed by atoms with Crippen molar-refractivity contribution in [3.63, 3.8) is 0 Å². The summed E-state index contributed by atoms with van der Waals surface area (Å²) in [7, 11) is 0. The SMILES string of the molecule is O=C1CN(C2CCC2)C(=O)C(C2CC2)N1. The number of carbonyl (C=O) groups is 2. The number of hydrogen-bond donors (Lipinski definition) is 1. The highest BCUT2D eigenvalue weighted by atomic mass is 16.2. The summed E-state index contributed by atoms with van der Waals surface area (Å²) in [5.41, 5.74) is 0. The third-order valence-electron chi connectivity index (χ3n) is 3.79. The summed E-state index contributed by atoms with van der Waals surface area (Å²) in [6.45, 7) is 0.284. The molecule has 4 nitrogen and oxygen atoms in total. The van der Waals surface area contributed by atoms with Gasteiger partial charge in [-0.05, 0) is 38.0 Å². The maximum Gasteiger partial charge on any atom is 0.246 e. The van der Waals surface area contributed by atoms with Crippen LogP contribution in [-0.4, -0.2) is 35.3 Å². The minimum absolute atomic E-state index is 0.0263. The van der Waals surface area contributed by atoms with Gasteiger partial charge in [-0.2, -0.15) is 0 Å². The normalized spacial score (nSPS) is 32.5. The number of nitrogens with zero attached hydrogens (tertiary/aromatic N) is 1. The molecule has 3 rings (SSSR count). The lowest BCUT2D eigenvalue weighted by Crippen LogP contribution is -2.62. The summed E-state index contributed by atoms with van der Waals surface area (Å²) < 4.78 is 0. The van der Waals surface area contributed by atoms with Crippen LogP contribution in [0.25, 0.3) is 0 Å². The highest BCUT2D eigenvalue weighted by Crippen LogP contribution is 2.36. The van der Waals surface area contributed by atoms with Crippen LogP contribution in [0.3, 0.4) is 0 Å². The Labute approximate surface area is 89.0 Å². The van der Waals surface area contributed by atoms with Crippen molar-refractivity contribution in [1.82, 2.24) is 10.2 Å². The van der Waals surface area contributed by atoms with Crippen LogP contribution in [0.4, 0.5) is 0 Å². The van der Waals surface area contributed by atoms with Crippen molar-refractivity contribution in [2.24, 2.45) is 5.92 Å². The average molecular weight is 208 g/mol. The van der Waals surface area contributed by atoms with Crippen LogP contribution >= 0.6 is 0 Å². The van der Waals surface area contributed by atoms with Gasteiger partial charge >= 0.3 is 0 Å². The Morgan fingerprint density at radius 3 is 2.40 bits per heavy atom. The van der Waals surface area contributed by atoms with E-state index in [2.05, 4.69) is 5.32 Å². The number of hydrogen-bond acceptors (Lipinski definition) is 2. The number of amides is 2. The fraction of sp³-hybridized carbons (Fsp3) is 0.818. The first-order valence-corrected chi connectivity index (χ1v) is 5.85. The molecule has 1 unspecified atom stereocenters. The van der Waals surface area contributed by atoms with E-state index in [0.29, 0.717) is 12.0 Å². The van der Waals surface area contributed by atoms with E-state index in [9.17, 15) is 9.59 Å². The topological polar surface area (TPSA) is 49.4 Å². The second kappa shape index (κ2) is 3.22. The first-order chi connectivity index (χ1) is 7.25. The van der Waals surface area contributed by atoms with Gasteiger partial charge < -0.3 is 10.2 Å². The second-order valence-electron chi connectivity index (χ2n) is 4.93. The summed E-state index contributed by atoms with van der Waals surface area (Å²) in [4.78, 5) is 25.4. The molecule has 2 saturated carbocycles. The molecule has 0 aromatic carbocycles. The van der Waals surface area contributed by atoms with Crippen molar-refractivity contribution in [3.05, 3.63) is 0 Å². The van der Waals surface area contributed by atoms with Gasteiger partial charge in [-0.15, -0.1) is 0 Å². The molecule has 1 N–H and O–H groups in total. The minimum atomic E-state index is -0.202. The van der Waals surface area contributed by atoms with Crippen LogP contribution in [-0.2, 0) is 9.59 Å². The van der Waals surface area contributed by atoms with Crippen LogP contribution in [0.5, 0.6) is 0 Å². The molecule has 82 valence electrons. The Kier molecular flexibility index (Phi) is 1.97. The first-order valence-electron chi connectivity index (χ1n) is 5.85. The Hall–Kier alpha value is -1.06. The molecule has 1 atom stereocenters. The number of piperazine rings is 1. The van der Waals surface area contributed by atoms with Gasteiger partial charge in [0.1, 0.15) is 6.04 Å². The van der Waals surface area contributed by atoms with Crippen molar-refractivity contribution in [1.29, 1.82) is 0 Å². The van der Waals surface area contributed by atoms with Gasteiger partial charge in [-0.25, -0.2) is 0 Å². The summed E-state index contributed by atoms with van der Waals surface area (Å²) in [6.07, 6.45) is 5.54. The quantitative estimate of drug-likeness (QED) is 0.708.